The lowest BCUT2D eigenvalue weighted by atomic mass is 10.1. The van der Waals surface area contributed by atoms with E-state index in [4.69, 9.17) is 9.15 Å². The molecule has 6 heteroatoms. The van der Waals surface area contributed by atoms with E-state index < -0.39 is 0 Å². The number of furan rings is 1. The fourth-order valence-corrected chi connectivity index (χ4v) is 3.10. The number of rotatable bonds is 6. The molecule has 0 radical (unpaired) electrons. The molecule has 0 amide bonds. The number of nitrogens with zero attached hydrogens (tertiary/aromatic N) is 2. The molecule has 1 aliphatic rings. The molecule has 2 aromatic heterocycles. The van der Waals surface area contributed by atoms with Crippen LogP contribution in [0.3, 0.4) is 0 Å². The lowest BCUT2D eigenvalue weighted by molar-refractivity contribution is 0.0115. The van der Waals surface area contributed by atoms with Gasteiger partial charge in [-0.2, -0.15) is 5.10 Å². The molecule has 2 aromatic rings. The lowest BCUT2D eigenvalue weighted by Crippen LogP contribution is -2.42. The molecule has 6 nitrogen and oxygen atoms in total. The second kappa shape index (κ2) is 7.29. The number of morpholine rings is 1. The molecule has 1 saturated heterocycles. The highest BCUT2D eigenvalue weighted by Gasteiger charge is 2.25. The number of nitrogens with one attached hydrogen (secondary N) is 2. The van der Waals surface area contributed by atoms with Gasteiger partial charge in [-0.05, 0) is 32.9 Å². The molecule has 0 aliphatic carbocycles. The Hall–Kier alpha value is -1.63. The summed E-state index contributed by atoms with van der Waals surface area (Å²) in [6.45, 7) is 11.2. The maximum atomic E-state index is 5.89. The van der Waals surface area contributed by atoms with Gasteiger partial charge in [0.15, 0.2) is 0 Å². The van der Waals surface area contributed by atoms with Gasteiger partial charge in [0.1, 0.15) is 11.5 Å². The van der Waals surface area contributed by atoms with Crippen LogP contribution in [-0.4, -0.2) is 47.9 Å². The first kappa shape index (κ1) is 16.2. The van der Waals surface area contributed by atoms with E-state index >= 15 is 0 Å². The van der Waals surface area contributed by atoms with Crippen molar-refractivity contribution in [2.45, 2.75) is 33.4 Å². The Morgan fingerprint density at radius 3 is 2.65 bits per heavy atom. The molecular formula is C17H26N4O2. The Balaban J connectivity index is 1.66. The highest BCUT2D eigenvalue weighted by atomic mass is 16.5. The van der Waals surface area contributed by atoms with E-state index in [1.54, 1.807) is 0 Å². The fraction of sp³-hybridized carbons (Fsp3) is 0.588. The van der Waals surface area contributed by atoms with Crippen LogP contribution >= 0.6 is 0 Å². The van der Waals surface area contributed by atoms with Gasteiger partial charge in [0.25, 0.3) is 0 Å². The zero-order valence-electron chi connectivity index (χ0n) is 14.2. The topological polar surface area (TPSA) is 66.3 Å². The van der Waals surface area contributed by atoms with E-state index in [1.807, 2.05) is 19.9 Å². The first-order valence-electron chi connectivity index (χ1n) is 8.24. The smallest absolute Gasteiger partial charge is 0.122 e. The van der Waals surface area contributed by atoms with Crippen molar-refractivity contribution in [3.8, 4) is 0 Å². The van der Waals surface area contributed by atoms with Crippen LogP contribution in [0.2, 0.25) is 0 Å². The highest BCUT2D eigenvalue weighted by molar-refractivity contribution is 5.22. The van der Waals surface area contributed by atoms with Gasteiger partial charge in [-0.3, -0.25) is 10.00 Å². The second-order valence-electron chi connectivity index (χ2n) is 6.16. The Morgan fingerprint density at radius 2 is 2.04 bits per heavy atom. The van der Waals surface area contributed by atoms with Crippen LogP contribution in [0.15, 0.2) is 16.5 Å². The molecule has 1 atom stereocenters. The number of aryl methyl sites for hydroxylation is 3. The molecule has 3 rings (SSSR count). The molecule has 2 N–H and O–H groups in total. The number of aromatic nitrogens is 2. The number of aromatic amines is 1. The van der Waals surface area contributed by atoms with Crippen LogP contribution in [0, 0.1) is 20.8 Å². The molecule has 0 spiro atoms. The summed E-state index contributed by atoms with van der Waals surface area (Å²) in [5.74, 6) is 1.98. The standard InChI is InChI=1S/C17H26N4O2/c1-12-4-5-17(23-12)16(21-6-8-22-9-7-21)11-18-10-15-13(2)19-20-14(15)3/h4-5,16,18H,6-11H2,1-3H3,(H,19,20)/t16-/m1/s1. The molecule has 23 heavy (non-hydrogen) atoms. The summed E-state index contributed by atoms with van der Waals surface area (Å²) in [6.07, 6.45) is 0. The SMILES string of the molecule is Cc1ccc([C@@H](CNCc2c(C)n[nH]c2C)N2CCOCC2)o1. The van der Waals surface area contributed by atoms with Crippen LogP contribution in [0.4, 0.5) is 0 Å². The van der Waals surface area contributed by atoms with E-state index in [0.717, 1.165) is 62.3 Å². The first-order chi connectivity index (χ1) is 11.1. The van der Waals surface area contributed by atoms with Crippen molar-refractivity contribution in [3.63, 3.8) is 0 Å². The predicted molar refractivity (Wildman–Crippen MR) is 88.3 cm³/mol. The predicted octanol–water partition coefficient (Wildman–Crippen LogP) is 2.09. The summed E-state index contributed by atoms with van der Waals surface area (Å²) in [5, 5.41) is 10.9. The molecule has 3 heterocycles. The lowest BCUT2D eigenvalue weighted by Gasteiger charge is -2.33. The molecule has 0 aromatic carbocycles. The van der Waals surface area contributed by atoms with Crippen LogP contribution in [0.5, 0.6) is 0 Å². The van der Waals surface area contributed by atoms with E-state index in [2.05, 4.69) is 33.4 Å². The van der Waals surface area contributed by atoms with Gasteiger partial charge in [-0.15, -0.1) is 0 Å². The number of ether oxygens (including phenoxy) is 1. The molecule has 0 saturated carbocycles. The number of H-pyrrole nitrogens is 1. The summed E-state index contributed by atoms with van der Waals surface area (Å²) in [5.41, 5.74) is 3.44. The number of hydrogen-bond acceptors (Lipinski definition) is 5. The highest BCUT2D eigenvalue weighted by Crippen LogP contribution is 2.23. The van der Waals surface area contributed by atoms with Crippen molar-refractivity contribution in [1.82, 2.24) is 20.4 Å². The van der Waals surface area contributed by atoms with E-state index in [-0.39, 0.29) is 6.04 Å². The van der Waals surface area contributed by atoms with Gasteiger partial charge in [0.05, 0.1) is 24.9 Å². The van der Waals surface area contributed by atoms with Crippen molar-refractivity contribution < 1.29 is 9.15 Å². The van der Waals surface area contributed by atoms with Gasteiger partial charge < -0.3 is 14.5 Å². The van der Waals surface area contributed by atoms with Crippen LogP contribution in [0.25, 0.3) is 0 Å². The van der Waals surface area contributed by atoms with Crippen LogP contribution < -0.4 is 5.32 Å². The molecule has 0 unspecified atom stereocenters. The van der Waals surface area contributed by atoms with Crippen molar-refractivity contribution in [3.05, 3.63) is 40.6 Å². The van der Waals surface area contributed by atoms with Crippen LogP contribution in [0.1, 0.15) is 34.5 Å². The summed E-state index contributed by atoms with van der Waals surface area (Å²) in [7, 11) is 0. The first-order valence-corrected chi connectivity index (χ1v) is 8.24. The monoisotopic (exact) mass is 318 g/mol. The molecule has 0 bridgehead atoms. The number of hydrogen-bond donors (Lipinski definition) is 2. The Bertz CT molecular complexity index is 609. The minimum absolute atomic E-state index is 0.236. The van der Waals surface area contributed by atoms with Crippen molar-refractivity contribution in [1.29, 1.82) is 0 Å². The Morgan fingerprint density at radius 1 is 1.26 bits per heavy atom. The van der Waals surface area contributed by atoms with E-state index in [1.165, 1.54) is 5.56 Å². The summed E-state index contributed by atoms with van der Waals surface area (Å²) < 4.78 is 11.4. The zero-order valence-corrected chi connectivity index (χ0v) is 14.2. The molecule has 1 aliphatic heterocycles. The normalized spacial score (nSPS) is 17.5. The Labute approximate surface area is 137 Å². The Kier molecular flexibility index (Phi) is 5.15. The van der Waals surface area contributed by atoms with E-state index in [0.29, 0.717) is 0 Å². The minimum atomic E-state index is 0.236. The summed E-state index contributed by atoms with van der Waals surface area (Å²) >= 11 is 0. The average Bonchev–Trinajstić information content (AvgIpc) is 3.12. The zero-order chi connectivity index (χ0) is 16.2. The third-order valence-corrected chi connectivity index (χ3v) is 4.50. The second-order valence-corrected chi connectivity index (χ2v) is 6.16. The molecule has 126 valence electrons. The van der Waals surface area contributed by atoms with E-state index in [9.17, 15) is 0 Å². The van der Waals surface area contributed by atoms with Crippen molar-refractivity contribution >= 4 is 0 Å². The van der Waals surface area contributed by atoms with Crippen molar-refractivity contribution in [2.75, 3.05) is 32.8 Å². The fourth-order valence-electron chi connectivity index (χ4n) is 3.10. The maximum Gasteiger partial charge on any atom is 0.122 e. The minimum Gasteiger partial charge on any atom is -0.465 e. The largest absolute Gasteiger partial charge is 0.465 e. The quantitative estimate of drug-likeness (QED) is 0.854. The van der Waals surface area contributed by atoms with Gasteiger partial charge >= 0.3 is 0 Å². The van der Waals surface area contributed by atoms with Crippen LogP contribution in [-0.2, 0) is 11.3 Å². The van der Waals surface area contributed by atoms with Crippen molar-refractivity contribution in [2.24, 2.45) is 0 Å². The molecule has 1 fully saturated rings. The van der Waals surface area contributed by atoms with Gasteiger partial charge in [0.2, 0.25) is 0 Å². The van der Waals surface area contributed by atoms with Gasteiger partial charge in [0, 0.05) is 37.4 Å². The van der Waals surface area contributed by atoms with Gasteiger partial charge in [-0.25, -0.2) is 0 Å². The third-order valence-electron chi connectivity index (χ3n) is 4.50. The van der Waals surface area contributed by atoms with Gasteiger partial charge in [-0.1, -0.05) is 0 Å². The molecular weight excluding hydrogens is 292 g/mol. The average molecular weight is 318 g/mol. The third kappa shape index (κ3) is 3.83. The maximum absolute atomic E-state index is 5.89. The summed E-state index contributed by atoms with van der Waals surface area (Å²) in [4.78, 5) is 2.43. The summed E-state index contributed by atoms with van der Waals surface area (Å²) in [6, 6.07) is 4.36.